The predicted octanol–water partition coefficient (Wildman–Crippen LogP) is 2.42. The fourth-order valence-corrected chi connectivity index (χ4v) is 3.73. The van der Waals surface area contributed by atoms with Gasteiger partial charge in [0.25, 0.3) is 0 Å². The standard InChI is InChI=1S/C16H22N2O2S/c1-11(2)18-8-4-7-14(16(18)20)21-10-12-5-3-6-13(9-12)15(17)19/h3,5-6,9,11,14H,4,7-8,10H2,1-2H3,(H2,17,19)/t14-/m0/s1. The molecule has 1 heterocycles. The highest BCUT2D eigenvalue weighted by atomic mass is 32.2. The van der Waals surface area contributed by atoms with Crippen LogP contribution in [-0.2, 0) is 10.5 Å². The molecule has 2 rings (SSSR count). The van der Waals surface area contributed by atoms with Gasteiger partial charge in [0.15, 0.2) is 0 Å². The third kappa shape index (κ3) is 4.00. The van der Waals surface area contributed by atoms with Crippen LogP contribution in [0.4, 0.5) is 0 Å². The van der Waals surface area contributed by atoms with Gasteiger partial charge in [-0.25, -0.2) is 0 Å². The second-order valence-electron chi connectivity index (χ2n) is 5.63. The molecular weight excluding hydrogens is 284 g/mol. The molecule has 0 radical (unpaired) electrons. The van der Waals surface area contributed by atoms with Crippen molar-refractivity contribution in [3.8, 4) is 0 Å². The number of nitrogens with two attached hydrogens (primary N) is 1. The Kier molecular flexibility index (Phi) is 5.28. The highest BCUT2D eigenvalue weighted by Gasteiger charge is 2.30. The number of amides is 2. The monoisotopic (exact) mass is 306 g/mol. The van der Waals surface area contributed by atoms with Crippen molar-refractivity contribution in [2.45, 2.75) is 43.7 Å². The minimum Gasteiger partial charge on any atom is -0.366 e. The summed E-state index contributed by atoms with van der Waals surface area (Å²) in [6.45, 7) is 4.98. The van der Waals surface area contributed by atoms with Crippen molar-refractivity contribution in [3.05, 3.63) is 35.4 Å². The first kappa shape index (κ1) is 15.9. The lowest BCUT2D eigenvalue weighted by molar-refractivity contribution is -0.134. The normalized spacial score (nSPS) is 19.1. The third-order valence-electron chi connectivity index (χ3n) is 3.71. The maximum Gasteiger partial charge on any atom is 0.248 e. The summed E-state index contributed by atoms with van der Waals surface area (Å²) in [6.07, 6.45) is 1.99. The van der Waals surface area contributed by atoms with Gasteiger partial charge in [0.1, 0.15) is 0 Å². The quantitative estimate of drug-likeness (QED) is 0.908. The lowest BCUT2D eigenvalue weighted by atomic mass is 10.1. The number of benzene rings is 1. The Balaban J connectivity index is 1.97. The maximum atomic E-state index is 12.4. The van der Waals surface area contributed by atoms with Crippen molar-refractivity contribution in [1.29, 1.82) is 0 Å². The molecule has 1 aromatic rings. The van der Waals surface area contributed by atoms with Crippen LogP contribution in [-0.4, -0.2) is 34.6 Å². The number of carbonyl (C=O) groups excluding carboxylic acids is 2. The maximum absolute atomic E-state index is 12.4. The van der Waals surface area contributed by atoms with Crippen LogP contribution >= 0.6 is 11.8 Å². The zero-order chi connectivity index (χ0) is 15.4. The number of carbonyl (C=O) groups is 2. The number of hydrogen-bond donors (Lipinski definition) is 1. The summed E-state index contributed by atoms with van der Waals surface area (Å²) >= 11 is 1.66. The van der Waals surface area contributed by atoms with Crippen LogP contribution in [0.25, 0.3) is 0 Å². The highest BCUT2D eigenvalue weighted by Crippen LogP contribution is 2.28. The summed E-state index contributed by atoms with van der Waals surface area (Å²) in [5, 5.41) is 0.0263. The van der Waals surface area contributed by atoms with Gasteiger partial charge in [-0.05, 0) is 44.4 Å². The smallest absolute Gasteiger partial charge is 0.248 e. The number of thioether (sulfide) groups is 1. The van der Waals surface area contributed by atoms with Crippen LogP contribution < -0.4 is 5.73 Å². The number of rotatable bonds is 5. The van der Waals surface area contributed by atoms with E-state index in [0.717, 1.165) is 30.7 Å². The second-order valence-corrected chi connectivity index (χ2v) is 6.82. The average Bonchev–Trinajstić information content (AvgIpc) is 2.46. The van der Waals surface area contributed by atoms with Gasteiger partial charge < -0.3 is 10.6 Å². The van der Waals surface area contributed by atoms with Crippen LogP contribution in [0.5, 0.6) is 0 Å². The summed E-state index contributed by atoms with van der Waals surface area (Å²) < 4.78 is 0. The van der Waals surface area contributed by atoms with Crippen molar-refractivity contribution in [1.82, 2.24) is 4.90 Å². The Morgan fingerprint density at radius 3 is 2.90 bits per heavy atom. The average molecular weight is 306 g/mol. The zero-order valence-electron chi connectivity index (χ0n) is 12.5. The Morgan fingerprint density at radius 1 is 1.48 bits per heavy atom. The molecule has 4 nitrogen and oxygen atoms in total. The molecule has 0 bridgehead atoms. The molecule has 1 fully saturated rings. The number of hydrogen-bond acceptors (Lipinski definition) is 3. The van der Waals surface area contributed by atoms with Crippen LogP contribution in [0.15, 0.2) is 24.3 Å². The van der Waals surface area contributed by atoms with E-state index in [9.17, 15) is 9.59 Å². The largest absolute Gasteiger partial charge is 0.366 e. The molecule has 0 aliphatic carbocycles. The summed E-state index contributed by atoms with van der Waals surface area (Å²) in [5.74, 6) is 0.553. The molecule has 0 spiro atoms. The molecule has 0 aromatic heterocycles. The first-order valence-corrected chi connectivity index (χ1v) is 8.34. The molecule has 21 heavy (non-hydrogen) atoms. The molecule has 114 valence electrons. The van der Waals surface area contributed by atoms with E-state index in [0.29, 0.717) is 5.56 Å². The SMILES string of the molecule is CC(C)N1CCC[C@H](SCc2cccc(C(N)=O)c2)C1=O. The van der Waals surface area contributed by atoms with Crippen LogP contribution in [0.3, 0.4) is 0 Å². The molecule has 1 aromatic carbocycles. The number of likely N-dealkylation sites (tertiary alicyclic amines) is 1. The van der Waals surface area contributed by atoms with Gasteiger partial charge in [0.2, 0.25) is 11.8 Å². The van der Waals surface area contributed by atoms with Gasteiger partial charge in [0.05, 0.1) is 5.25 Å². The summed E-state index contributed by atoms with van der Waals surface area (Å²) in [5.41, 5.74) is 6.84. The molecule has 1 aliphatic heterocycles. The molecule has 2 amide bonds. The topological polar surface area (TPSA) is 63.4 Å². The van der Waals surface area contributed by atoms with Gasteiger partial charge in [-0.3, -0.25) is 9.59 Å². The van der Waals surface area contributed by atoms with Gasteiger partial charge >= 0.3 is 0 Å². The van der Waals surface area contributed by atoms with E-state index in [1.54, 1.807) is 17.8 Å². The highest BCUT2D eigenvalue weighted by molar-refractivity contribution is 7.99. The third-order valence-corrected chi connectivity index (χ3v) is 5.05. The van der Waals surface area contributed by atoms with Crippen LogP contribution in [0, 0.1) is 0 Å². The molecule has 1 atom stereocenters. The van der Waals surface area contributed by atoms with E-state index in [1.807, 2.05) is 23.1 Å². The first-order valence-electron chi connectivity index (χ1n) is 7.30. The van der Waals surface area contributed by atoms with E-state index in [4.69, 9.17) is 5.73 Å². The van der Waals surface area contributed by atoms with Crippen LogP contribution in [0.1, 0.15) is 42.6 Å². The minimum atomic E-state index is -0.415. The predicted molar refractivity (Wildman–Crippen MR) is 86.1 cm³/mol. The van der Waals surface area contributed by atoms with Crippen molar-refractivity contribution in [2.24, 2.45) is 5.73 Å². The Hall–Kier alpha value is -1.49. The van der Waals surface area contributed by atoms with E-state index >= 15 is 0 Å². The molecule has 0 saturated carbocycles. The van der Waals surface area contributed by atoms with Gasteiger partial charge in [-0.2, -0.15) is 0 Å². The fraction of sp³-hybridized carbons (Fsp3) is 0.500. The molecule has 0 unspecified atom stereocenters. The lowest BCUT2D eigenvalue weighted by Crippen LogP contribution is -2.46. The number of primary amides is 1. The zero-order valence-corrected chi connectivity index (χ0v) is 13.4. The van der Waals surface area contributed by atoms with Crippen molar-refractivity contribution in [2.75, 3.05) is 6.54 Å². The van der Waals surface area contributed by atoms with Gasteiger partial charge in [0, 0.05) is 23.9 Å². The second kappa shape index (κ2) is 6.98. The van der Waals surface area contributed by atoms with E-state index in [2.05, 4.69) is 13.8 Å². The van der Waals surface area contributed by atoms with Crippen molar-refractivity contribution < 1.29 is 9.59 Å². The van der Waals surface area contributed by atoms with Crippen LogP contribution in [0.2, 0.25) is 0 Å². The van der Waals surface area contributed by atoms with Crippen molar-refractivity contribution >= 4 is 23.6 Å². The van der Waals surface area contributed by atoms with Crippen molar-refractivity contribution in [3.63, 3.8) is 0 Å². The van der Waals surface area contributed by atoms with E-state index in [1.165, 1.54) is 0 Å². The Morgan fingerprint density at radius 2 is 2.24 bits per heavy atom. The van der Waals surface area contributed by atoms with E-state index < -0.39 is 5.91 Å². The number of piperidine rings is 1. The fourth-order valence-electron chi connectivity index (χ4n) is 2.54. The Labute approximate surface area is 130 Å². The number of nitrogens with zero attached hydrogens (tertiary/aromatic N) is 1. The molecule has 1 aliphatic rings. The molecular formula is C16H22N2O2S. The first-order chi connectivity index (χ1) is 9.99. The van der Waals surface area contributed by atoms with E-state index in [-0.39, 0.29) is 17.2 Å². The summed E-state index contributed by atoms with van der Waals surface area (Å²) in [6, 6.07) is 7.58. The van der Waals surface area contributed by atoms with Gasteiger partial charge in [-0.15, -0.1) is 11.8 Å². The molecule has 5 heteroatoms. The molecule has 2 N–H and O–H groups in total. The summed E-state index contributed by atoms with van der Waals surface area (Å²) in [4.78, 5) is 25.5. The molecule has 1 saturated heterocycles. The lowest BCUT2D eigenvalue weighted by Gasteiger charge is -2.34. The Bertz CT molecular complexity index is 531. The minimum absolute atomic E-state index is 0.0263. The van der Waals surface area contributed by atoms with Gasteiger partial charge in [-0.1, -0.05) is 12.1 Å². The summed E-state index contributed by atoms with van der Waals surface area (Å²) in [7, 11) is 0.